The Morgan fingerprint density at radius 2 is 1.91 bits per heavy atom. The first-order valence-electron chi connectivity index (χ1n) is 7.60. The third-order valence-electron chi connectivity index (χ3n) is 2.71. The zero-order chi connectivity index (χ0) is 17.5. The Hall–Kier alpha value is -2.24. The molecule has 1 amide bonds. The lowest BCUT2D eigenvalue weighted by atomic mass is 10.2. The quantitative estimate of drug-likeness (QED) is 0.808. The normalized spacial score (nSPS) is 10.8. The minimum Gasteiger partial charge on any atom is -0.493 e. The van der Waals surface area contributed by atoms with E-state index < -0.39 is 11.7 Å². The van der Waals surface area contributed by atoms with Crippen LogP contribution in [0.1, 0.15) is 39.7 Å². The molecule has 0 saturated heterocycles. The number of nitrogens with one attached hydrogen (secondary N) is 1. The Balaban J connectivity index is 2.54. The van der Waals surface area contributed by atoms with Gasteiger partial charge >= 0.3 is 12.1 Å². The molecule has 0 atom stereocenters. The van der Waals surface area contributed by atoms with E-state index in [2.05, 4.69) is 5.32 Å². The number of hydrogen-bond acceptors (Lipinski definition) is 5. The van der Waals surface area contributed by atoms with Crippen LogP contribution in [0.15, 0.2) is 18.2 Å². The molecule has 0 heterocycles. The topological polar surface area (TPSA) is 73.9 Å². The average Bonchev–Trinajstić information content (AvgIpc) is 2.40. The first-order chi connectivity index (χ1) is 10.7. The summed E-state index contributed by atoms with van der Waals surface area (Å²) in [6, 6.07) is 5.25. The van der Waals surface area contributed by atoms with Gasteiger partial charge in [0, 0.05) is 5.69 Å². The third kappa shape index (κ3) is 7.54. The zero-order valence-corrected chi connectivity index (χ0v) is 14.4. The summed E-state index contributed by atoms with van der Waals surface area (Å²) in [4.78, 5) is 23.0. The number of carbonyl (C=O) groups is 2. The standard InChI is InChI=1S/C17H25NO5/c1-6-21-15(19)9-10-22-13-7-8-14(12(2)11-13)18-16(20)23-17(3,4)5/h7-8,11H,6,9-10H2,1-5H3,(H,18,20). The number of hydrogen-bond donors (Lipinski definition) is 1. The Morgan fingerprint density at radius 3 is 2.48 bits per heavy atom. The van der Waals surface area contributed by atoms with Crippen LogP contribution in [0.2, 0.25) is 0 Å². The molecule has 0 spiro atoms. The van der Waals surface area contributed by atoms with E-state index >= 15 is 0 Å². The van der Waals surface area contributed by atoms with Crippen LogP contribution in [0.25, 0.3) is 0 Å². The van der Waals surface area contributed by atoms with Crippen LogP contribution < -0.4 is 10.1 Å². The van der Waals surface area contributed by atoms with Crippen molar-refractivity contribution in [2.45, 2.75) is 46.6 Å². The zero-order valence-electron chi connectivity index (χ0n) is 14.4. The molecule has 0 fully saturated rings. The summed E-state index contributed by atoms with van der Waals surface area (Å²) in [5.74, 6) is 0.342. The van der Waals surface area contributed by atoms with Crippen molar-refractivity contribution >= 4 is 17.7 Å². The van der Waals surface area contributed by atoms with Crippen molar-refractivity contribution in [1.29, 1.82) is 0 Å². The van der Waals surface area contributed by atoms with Gasteiger partial charge in [0.15, 0.2) is 0 Å². The van der Waals surface area contributed by atoms with E-state index in [-0.39, 0.29) is 19.0 Å². The Morgan fingerprint density at radius 1 is 1.22 bits per heavy atom. The van der Waals surface area contributed by atoms with Crippen LogP contribution in [0.5, 0.6) is 5.75 Å². The van der Waals surface area contributed by atoms with Gasteiger partial charge in [-0.25, -0.2) is 4.79 Å². The fraction of sp³-hybridized carbons (Fsp3) is 0.529. The van der Waals surface area contributed by atoms with Crippen LogP contribution in [-0.4, -0.2) is 30.9 Å². The lowest BCUT2D eigenvalue weighted by molar-refractivity contribution is -0.143. The number of esters is 1. The van der Waals surface area contributed by atoms with E-state index in [0.29, 0.717) is 18.0 Å². The maximum Gasteiger partial charge on any atom is 0.412 e. The minimum atomic E-state index is -0.547. The maximum absolute atomic E-state index is 11.8. The molecule has 1 aromatic rings. The second kappa shape index (κ2) is 8.41. The second-order valence-electron chi connectivity index (χ2n) is 6.01. The molecular formula is C17H25NO5. The molecule has 0 bridgehead atoms. The summed E-state index contributed by atoms with van der Waals surface area (Å²) >= 11 is 0. The van der Waals surface area contributed by atoms with Gasteiger partial charge in [-0.1, -0.05) is 0 Å². The van der Waals surface area contributed by atoms with Gasteiger partial charge < -0.3 is 14.2 Å². The monoisotopic (exact) mass is 323 g/mol. The highest BCUT2D eigenvalue weighted by atomic mass is 16.6. The molecule has 0 unspecified atom stereocenters. The van der Waals surface area contributed by atoms with Gasteiger partial charge in [0.2, 0.25) is 0 Å². The van der Waals surface area contributed by atoms with E-state index in [9.17, 15) is 9.59 Å². The largest absolute Gasteiger partial charge is 0.493 e. The van der Waals surface area contributed by atoms with Gasteiger partial charge in [0.1, 0.15) is 11.4 Å². The van der Waals surface area contributed by atoms with Crippen molar-refractivity contribution in [3.05, 3.63) is 23.8 Å². The van der Waals surface area contributed by atoms with Gasteiger partial charge in [-0.3, -0.25) is 10.1 Å². The lowest BCUT2D eigenvalue weighted by Gasteiger charge is -2.20. The molecule has 0 saturated carbocycles. The van der Waals surface area contributed by atoms with Crippen LogP contribution >= 0.6 is 0 Å². The fourth-order valence-electron chi connectivity index (χ4n) is 1.77. The summed E-state index contributed by atoms with van der Waals surface area (Å²) in [5, 5.41) is 2.69. The third-order valence-corrected chi connectivity index (χ3v) is 2.71. The van der Waals surface area contributed by atoms with Gasteiger partial charge in [0.05, 0.1) is 19.6 Å². The molecule has 6 nitrogen and oxygen atoms in total. The van der Waals surface area contributed by atoms with Crippen LogP contribution in [0, 0.1) is 6.92 Å². The fourth-order valence-corrected chi connectivity index (χ4v) is 1.77. The molecule has 0 radical (unpaired) electrons. The van der Waals surface area contributed by atoms with E-state index in [1.54, 1.807) is 45.9 Å². The second-order valence-corrected chi connectivity index (χ2v) is 6.01. The molecule has 0 aliphatic heterocycles. The van der Waals surface area contributed by atoms with Crippen LogP contribution in [0.3, 0.4) is 0 Å². The smallest absolute Gasteiger partial charge is 0.412 e. The number of carbonyl (C=O) groups excluding carboxylic acids is 2. The summed E-state index contributed by atoms with van der Waals surface area (Å²) in [6.45, 7) is 9.64. The highest BCUT2D eigenvalue weighted by Crippen LogP contribution is 2.22. The molecule has 0 aliphatic rings. The molecule has 1 rings (SSSR count). The van der Waals surface area contributed by atoms with Crippen LogP contribution in [-0.2, 0) is 14.3 Å². The first kappa shape index (κ1) is 18.8. The first-order valence-corrected chi connectivity index (χ1v) is 7.60. The summed E-state index contributed by atoms with van der Waals surface area (Å²) in [5.41, 5.74) is 0.940. The van der Waals surface area contributed by atoms with E-state index in [4.69, 9.17) is 14.2 Å². The van der Waals surface area contributed by atoms with E-state index in [1.807, 2.05) is 6.92 Å². The molecule has 1 N–H and O–H groups in total. The number of benzene rings is 1. The van der Waals surface area contributed by atoms with Crippen LogP contribution in [0.4, 0.5) is 10.5 Å². The van der Waals surface area contributed by atoms with Gasteiger partial charge in [-0.15, -0.1) is 0 Å². The molecule has 1 aromatic carbocycles. The summed E-state index contributed by atoms with van der Waals surface area (Å²) in [6.07, 6.45) is -0.304. The summed E-state index contributed by atoms with van der Waals surface area (Å²) < 4.78 is 15.5. The minimum absolute atomic E-state index is 0.199. The number of aryl methyl sites for hydroxylation is 1. The Bertz CT molecular complexity index is 548. The number of ether oxygens (including phenoxy) is 3. The van der Waals surface area contributed by atoms with Crippen molar-refractivity contribution in [3.63, 3.8) is 0 Å². The van der Waals surface area contributed by atoms with Crippen molar-refractivity contribution in [2.75, 3.05) is 18.5 Å². The highest BCUT2D eigenvalue weighted by Gasteiger charge is 2.16. The number of amides is 1. The van der Waals surface area contributed by atoms with Gasteiger partial charge in [-0.05, 0) is 58.4 Å². The Labute approximate surface area is 137 Å². The maximum atomic E-state index is 11.8. The van der Waals surface area contributed by atoms with Crippen molar-refractivity contribution in [3.8, 4) is 5.75 Å². The number of rotatable bonds is 6. The van der Waals surface area contributed by atoms with Gasteiger partial charge in [0.25, 0.3) is 0 Å². The molecule has 128 valence electrons. The van der Waals surface area contributed by atoms with Crippen molar-refractivity contribution in [2.24, 2.45) is 0 Å². The molecule has 0 aliphatic carbocycles. The predicted octanol–water partition coefficient (Wildman–Crippen LogP) is 3.67. The number of anilines is 1. The molecular weight excluding hydrogens is 298 g/mol. The van der Waals surface area contributed by atoms with Gasteiger partial charge in [-0.2, -0.15) is 0 Å². The van der Waals surface area contributed by atoms with Crippen molar-refractivity contribution in [1.82, 2.24) is 0 Å². The Kier molecular flexibility index (Phi) is 6.88. The molecule has 0 aromatic heterocycles. The highest BCUT2D eigenvalue weighted by molar-refractivity contribution is 5.86. The summed E-state index contributed by atoms with van der Waals surface area (Å²) in [7, 11) is 0. The average molecular weight is 323 g/mol. The SMILES string of the molecule is CCOC(=O)CCOc1ccc(NC(=O)OC(C)(C)C)c(C)c1. The predicted molar refractivity (Wildman–Crippen MR) is 87.8 cm³/mol. The lowest BCUT2D eigenvalue weighted by Crippen LogP contribution is -2.27. The van der Waals surface area contributed by atoms with E-state index in [1.165, 1.54) is 0 Å². The van der Waals surface area contributed by atoms with Crippen molar-refractivity contribution < 1.29 is 23.8 Å². The van der Waals surface area contributed by atoms with E-state index in [0.717, 1.165) is 5.56 Å². The molecule has 23 heavy (non-hydrogen) atoms. The molecule has 6 heteroatoms.